The van der Waals surface area contributed by atoms with Gasteiger partial charge in [-0.1, -0.05) is 41.4 Å². The molecule has 0 aliphatic rings. The molecule has 0 fully saturated rings. The lowest BCUT2D eigenvalue weighted by Gasteiger charge is -2.15. The topological polar surface area (TPSA) is 60.2 Å². The molecule has 0 radical (unpaired) electrons. The summed E-state index contributed by atoms with van der Waals surface area (Å²) in [6, 6.07) is 13.3. The number of sulfonamides is 1. The minimum atomic E-state index is -4.53. The third kappa shape index (κ3) is 4.50. The number of alkyl halides is 3. The lowest BCUT2D eigenvalue weighted by molar-refractivity contribution is -0.137. The van der Waals surface area contributed by atoms with Gasteiger partial charge in [0.1, 0.15) is 0 Å². The Morgan fingerprint density at radius 2 is 1.32 bits per heavy atom. The van der Waals surface area contributed by atoms with E-state index >= 15 is 0 Å². The summed E-state index contributed by atoms with van der Waals surface area (Å²) in [5, 5.41) is 5.63. The highest BCUT2D eigenvalue weighted by atomic mass is 35.5. The van der Waals surface area contributed by atoms with Crippen LogP contribution in [0, 0.1) is 0 Å². The maximum atomic E-state index is 13.2. The summed E-state index contributed by atoms with van der Waals surface area (Å²) in [4.78, 5) is -0.101. The van der Waals surface area contributed by atoms with Gasteiger partial charge in [-0.2, -0.15) is 13.2 Å². The van der Waals surface area contributed by atoms with E-state index in [9.17, 15) is 21.6 Å². The first-order valence-electron chi connectivity index (χ1n) is 7.76. The predicted octanol–water partition coefficient (Wildman–Crippen LogP) is 5.99. The Balaban J connectivity index is 2.23. The van der Waals surface area contributed by atoms with Gasteiger partial charge >= 0.3 is 6.18 Å². The first kappa shape index (κ1) is 20.7. The number of halogens is 5. The van der Waals surface area contributed by atoms with Crippen LogP contribution in [-0.4, -0.2) is 8.42 Å². The average molecular weight is 446 g/mol. The highest BCUT2D eigenvalue weighted by molar-refractivity contribution is 7.89. The van der Waals surface area contributed by atoms with Gasteiger partial charge in [0.2, 0.25) is 10.0 Å². The molecule has 0 saturated heterocycles. The van der Waals surface area contributed by atoms with E-state index in [2.05, 4.69) is 0 Å². The van der Waals surface area contributed by atoms with Crippen molar-refractivity contribution in [2.24, 2.45) is 5.14 Å². The summed E-state index contributed by atoms with van der Waals surface area (Å²) in [5.41, 5.74) is 0.778. The van der Waals surface area contributed by atoms with Crippen LogP contribution < -0.4 is 5.14 Å². The predicted molar refractivity (Wildman–Crippen MR) is 104 cm³/mol. The van der Waals surface area contributed by atoms with E-state index in [-0.39, 0.29) is 20.5 Å². The molecule has 9 heteroatoms. The van der Waals surface area contributed by atoms with E-state index < -0.39 is 21.8 Å². The molecular formula is C19H12Cl2F3NO2S. The summed E-state index contributed by atoms with van der Waals surface area (Å²) >= 11 is 12.0. The van der Waals surface area contributed by atoms with Gasteiger partial charge in [-0.05, 0) is 64.7 Å². The molecule has 0 spiro atoms. The second-order valence-electron chi connectivity index (χ2n) is 5.99. The number of hydrogen-bond acceptors (Lipinski definition) is 2. The fourth-order valence-corrected chi connectivity index (χ4v) is 3.79. The van der Waals surface area contributed by atoms with Crippen molar-refractivity contribution >= 4 is 33.2 Å². The normalized spacial score (nSPS) is 12.2. The number of nitrogens with two attached hydrogens (primary N) is 1. The van der Waals surface area contributed by atoms with Crippen LogP contribution in [0.15, 0.2) is 65.6 Å². The molecule has 0 saturated carbocycles. The third-order valence-corrected chi connectivity index (χ3v) is 5.38. The minimum Gasteiger partial charge on any atom is -0.225 e. The van der Waals surface area contributed by atoms with Crippen LogP contribution in [0.1, 0.15) is 5.56 Å². The van der Waals surface area contributed by atoms with E-state index in [0.717, 1.165) is 12.1 Å². The summed E-state index contributed by atoms with van der Waals surface area (Å²) in [7, 11) is -3.89. The van der Waals surface area contributed by atoms with Crippen molar-refractivity contribution in [3.8, 4) is 22.3 Å². The summed E-state index contributed by atoms with van der Waals surface area (Å²) in [6.45, 7) is 0. The molecule has 0 heterocycles. The van der Waals surface area contributed by atoms with Crippen LogP contribution in [0.2, 0.25) is 10.0 Å². The number of primary sulfonamides is 1. The minimum absolute atomic E-state index is 0.101. The van der Waals surface area contributed by atoms with Crippen LogP contribution in [0.5, 0.6) is 0 Å². The molecule has 3 rings (SSSR count). The molecule has 2 N–H and O–H groups in total. The van der Waals surface area contributed by atoms with E-state index in [1.807, 2.05) is 0 Å². The van der Waals surface area contributed by atoms with Crippen molar-refractivity contribution in [3.63, 3.8) is 0 Å². The average Bonchev–Trinajstić information content (AvgIpc) is 2.59. The quantitative estimate of drug-likeness (QED) is 0.537. The standard InChI is InChI=1S/C19H12Cl2F3NO2S/c20-14-7-12(8-15(21)10-14)18-9-13(19(22,23)24)3-6-17(18)11-1-4-16(5-2-11)28(25,26)27/h1-10H,(H2,25,26,27). The molecule has 146 valence electrons. The Bertz CT molecular complexity index is 1120. The Labute approximate surface area is 169 Å². The van der Waals surface area contributed by atoms with Gasteiger partial charge in [0.15, 0.2) is 0 Å². The maximum Gasteiger partial charge on any atom is 0.416 e. The van der Waals surface area contributed by atoms with Crippen LogP contribution in [0.4, 0.5) is 13.2 Å². The van der Waals surface area contributed by atoms with E-state index in [0.29, 0.717) is 16.7 Å². The molecule has 0 atom stereocenters. The van der Waals surface area contributed by atoms with Crippen LogP contribution in [0.3, 0.4) is 0 Å². The summed E-state index contributed by atoms with van der Waals surface area (Å²) in [6.07, 6.45) is -4.53. The van der Waals surface area contributed by atoms with Crippen LogP contribution >= 0.6 is 23.2 Å². The molecule has 0 aliphatic heterocycles. The molecule has 0 aliphatic carbocycles. The van der Waals surface area contributed by atoms with Gasteiger partial charge in [-0.15, -0.1) is 0 Å². The Hall–Kier alpha value is -2.06. The highest BCUT2D eigenvalue weighted by Crippen LogP contribution is 2.39. The Kier molecular flexibility index (Phi) is 5.46. The fourth-order valence-electron chi connectivity index (χ4n) is 2.74. The largest absolute Gasteiger partial charge is 0.416 e. The lowest BCUT2D eigenvalue weighted by Crippen LogP contribution is -2.11. The van der Waals surface area contributed by atoms with Gasteiger partial charge in [0.25, 0.3) is 0 Å². The van der Waals surface area contributed by atoms with Crippen molar-refractivity contribution in [3.05, 3.63) is 76.3 Å². The van der Waals surface area contributed by atoms with Crippen molar-refractivity contribution in [1.82, 2.24) is 0 Å². The molecule has 0 amide bonds. The fraction of sp³-hybridized carbons (Fsp3) is 0.0526. The molecule has 3 nitrogen and oxygen atoms in total. The smallest absolute Gasteiger partial charge is 0.225 e. The Morgan fingerprint density at radius 3 is 1.82 bits per heavy atom. The Morgan fingerprint density at radius 1 is 0.750 bits per heavy atom. The van der Waals surface area contributed by atoms with Crippen molar-refractivity contribution in [1.29, 1.82) is 0 Å². The molecule has 28 heavy (non-hydrogen) atoms. The van der Waals surface area contributed by atoms with Gasteiger partial charge in [0.05, 0.1) is 10.5 Å². The van der Waals surface area contributed by atoms with Crippen molar-refractivity contribution in [2.75, 3.05) is 0 Å². The molecule has 3 aromatic carbocycles. The molecule has 0 aromatic heterocycles. The van der Waals surface area contributed by atoms with E-state index in [1.54, 1.807) is 0 Å². The maximum absolute atomic E-state index is 13.2. The van der Waals surface area contributed by atoms with Gasteiger partial charge in [-0.25, -0.2) is 13.6 Å². The monoisotopic (exact) mass is 445 g/mol. The third-order valence-electron chi connectivity index (χ3n) is 4.01. The number of rotatable bonds is 3. The SMILES string of the molecule is NS(=O)(=O)c1ccc(-c2ccc(C(F)(F)F)cc2-c2cc(Cl)cc(Cl)c2)cc1. The first-order valence-corrected chi connectivity index (χ1v) is 10.1. The second kappa shape index (κ2) is 7.40. The zero-order chi connectivity index (χ0) is 20.7. The zero-order valence-electron chi connectivity index (χ0n) is 14.0. The highest BCUT2D eigenvalue weighted by Gasteiger charge is 2.31. The van der Waals surface area contributed by atoms with E-state index in [1.165, 1.54) is 48.5 Å². The van der Waals surface area contributed by atoms with Crippen molar-refractivity contribution < 1.29 is 21.6 Å². The van der Waals surface area contributed by atoms with Gasteiger partial charge in [0, 0.05) is 10.0 Å². The van der Waals surface area contributed by atoms with E-state index in [4.69, 9.17) is 28.3 Å². The van der Waals surface area contributed by atoms with Gasteiger partial charge < -0.3 is 0 Å². The first-order chi connectivity index (χ1) is 12.9. The summed E-state index contributed by atoms with van der Waals surface area (Å²) < 4.78 is 62.5. The zero-order valence-corrected chi connectivity index (χ0v) is 16.3. The number of hydrogen-bond donors (Lipinski definition) is 1. The molecule has 3 aromatic rings. The number of benzene rings is 3. The second-order valence-corrected chi connectivity index (χ2v) is 8.42. The molecule has 0 bridgehead atoms. The van der Waals surface area contributed by atoms with Crippen LogP contribution in [0.25, 0.3) is 22.3 Å². The lowest BCUT2D eigenvalue weighted by atomic mass is 9.92. The summed E-state index contributed by atoms with van der Waals surface area (Å²) in [5.74, 6) is 0. The molecular weight excluding hydrogens is 434 g/mol. The van der Waals surface area contributed by atoms with Gasteiger partial charge in [-0.3, -0.25) is 0 Å². The van der Waals surface area contributed by atoms with Crippen molar-refractivity contribution in [2.45, 2.75) is 11.1 Å². The molecule has 0 unspecified atom stereocenters. The van der Waals surface area contributed by atoms with Crippen LogP contribution in [-0.2, 0) is 16.2 Å².